The van der Waals surface area contributed by atoms with Gasteiger partial charge in [0.05, 0.1) is 35.4 Å². The number of carbonyl (C=O) groups is 1. The van der Waals surface area contributed by atoms with Crippen molar-refractivity contribution in [2.45, 2.75) is 6.42 Å². The summed E-state index contributed by atoms with van der Waals surface area (Å²) < 4.78 is 7.29. The van der Waals surface area contributed by atoms with Gasteiger partial charge in [-0.25, -0.2) is 4.98 Å². The molecule has 6 heteroatoms. The molecule has 0 radical (unpaired) electrons. The summed E-state index contributed by atoms with van der Waals surface area (Å²) in [5.74, 6) is 1.01. The van der Waals surface area contributed by atoms with Crippen molar-refractivity contribution in [2.75, 3.05) is 7.11 Å². The highest BCUT2D eigenvalue weighted by molar-refractivity contribution is 6.12. The fourth-order valence-electron chi connectivity index (χ4n) is 3.59. The molecule has 0 bridgehead atoms. The molecular weight excluding hydrogens is 364 g/mol. The van der Waals surface area contributed by atoms with E-state index in [1.165, 1.54) is 0 Å². The van der Waals surface area contributed by atoms with Gasteiger partial charge < -0.3 is 14.1 Å². The topological polar surface area (TPSA) is 72.3 Å². The summed E-state index contributed by atoms with van der Waals surface area (Å²) in [6, 6.07) is 17.6. The normalized spacial score (nSPS) is 11.2. The third kappa shape index (κ3) is 3.04. The first-order valence-corrected chi connectivity index (χ1v) is 9.29. The summed E-state index contributed by atoms with van der Waals surface area (Å²) in [6.45, 7) is 0. The maximum absolute atomic E-state index is 13.2. The first-order valence-electron chi connectivity index (χ1n) is 9.29. The number of methoxy groups -OCH3 is 1. The van der Waals surface area contributed by atoms with Gasteiger partial charge >= 0.3 is 0 Å². The monoisotopic (exact) mass is 382 g/mol. The first-order chi connectivity index (χ1) is 14.2. The lowest BCUT2D eigenvalue weighted by atomic mass is 10.1. The first kappa shape index (κ1) is 17.2. The Labute approximate surface area is 166 Å². The van der Waals surface area contributed by atoms with Crippen molar-refractivity contribution in [1.82, 2.24) is 19.4 Å². The van der Waals surface area contributed by atoms with Gasteiger partial charge in [-0.2, -0.15) is 0 Å². The van der Waals surface area contributed by atoms with E-state index in [4.69, 9.17) is 4.74 Å². The Morgan fingerprint density at radius 2 is 2.00 bits per heavy atom. The summed E-state index contributed by atoms with van der Waals surface area (Å²) in [4.78, 5) is 24.8. The number of pyridine rings is 2. The van der Waals surface area contributed by atoms with Gasteiger partial charge in [0, 0.05) is 24.5 Å². The number of hydrogen-bond donors (Lipinski definition) is 1. The van der Waals surface area contributed by atoms with Crippen molar-refractivity contribution in [3.8, 4) is 5.75 Å². The molecule has 0 aliphatic rings. The second-order valence-electron chi connectivity index (χ2n) is 6.84. The van der Waals surface area contributed by atoms with Crippen molar-refractivity contribution in [2.24, 2.45) is 0 Å². The van der Waals surface area contributed by atoms with E-state index in [0.29, 0.717) is 17.8 Å². The van der Waals surface area contributed by atoms with Crippen molar-refractivity contribution in [3.63, 3.8) is 0 Å². The standard InChI is InChI=1S/C23H18N4O2/c1-29-17-7-5-15(6-8-17)12-16-13-18(21-4-2-3-11-27(16)21)22(28)23-25-19-9-10-24-14-20(19)26-23/h2-11,13-14H,12H2,1H3,(H,25,26). The molecular formula is C23H18N4O2. The molecule has 1 aromatic carbocycles. The molecule has 29 heavy (non-hydrogen) atoms. The number of aromatic nitrogens is 4. The number of aromatic amines is 1. The number of ether oxygens (including phenoxy) is 1. The van der Waals surface area contributed by atoms with Gasteiger partial charge in [0.15, 0.2) is 5.82 Å². The summed E-state index contributed by atoms with van der Waals surface area (Å²) in [6.07, 6.45) is 6.02. The van der Waals surface area contributed by atoms with E-state index in [9.17, 15) is 4.79 Å². The quantitative estimate of drug-likeness (QED) is 0.466. The Kier molecular flexibility index (Phi) is 4.09. The highest BCUT2D eigenvalue weighted by Gasteiger charge is 2.20. The number of H-pyrrole nitrogens is 1. The van der Waals surface area contributed by atoms with Crippen LogP contribution >= 0.6 is 0 Å². The van der Waals surface area contributed by atoms with Crippen LogP contribution in [0.3, 0.4) is 0 Å². The number of rotatable bonds is 5. The van der Waals surface area contributed by atoms with E-state index in [1.807, 2.05) is 54.7 Å². The van der Waals surface area contributed by atoms with Gasteiger partial charge in [-0.05, 0) is 42.0 Å². The minimum atomic E-state index is -0.133. The van der Waals surface area contributed by atoms with Gasteiger partial charge in [0.1, 0.15) is 5.75 Å². The van der Waals surface area contributed by atoms with Crippen LogP contribution in [0.15, 0.2) is 73.2 Å². The summed E-state index contributed by atoms with van der Waals surface area (Å²) in [7, 11) is 1.65. The Bertz CT molecular complexity index is 1300. The number of nitrogens with one attached hydrogen (secondary N) is 1. The SMILES string of the molecule is COc1ccc(Cc2cc(C(=O)c3nc4ccncc4[nH]3)c3ccccn23)cc1. The molecule has 1 N–H and O–H groups in total. The highest BCUT2D eigenvalue weighted by Crippen LogP contribution is 2.23. The lowest BCUT2D eigenvalue weighted by Crippen LogP contribution is -2.03. The van der Waals surface area contributed by atoms with E-state index < -0.39 is 0 Å². The van der Waals surface area contributed by atoms with Crippen molar-refractivity contribution in [3.05, 3.63) is 95.8 Å². The Balaban J connectivity index is 1.56. The van der Waals surface area contributed by atoms with E-state index in [1.54, 1.807) is 25.6 Å². The maximum Gasteiger partial charge on any atom is 0.230 e. The predicted octanol–water partition coefficient (Wildman–Crippen LogP) is 4.04. The third-order valence-electron chi connectivity index (χ3n) is 5.04. The van der Waals surface area contributed by atoms with Gasteiger partial charge in [-0.15, -0.1) is 0 Å². The second-order valence-corrected chi connectivity index (χ2v) is 6.84. The fraction of sp³-hybridized carbons (Fsp3) is 0.0870. The highest BCUT2D eigenvalue weighted by atomic mass is 16.5. The number of imidazole rings is 1. The number of ketones is 1. The molecule has 0 spiro atoms. The lowest BCUT2D eigenvalue weighted by Gasteiger charge is -2.04. The molecule has 4 heterocycles. The van der Waals surface area contributed by atoms with Crippen molar-refractivity contribution >= 4 is 22.3 Å². The summed E-state index contributed by atoms with van der Waals surface area (Å²) in [5, 5.41) is 0. The molecule has 0 unspecified atom stereocenters. The van der Waals surface area contributed by atoms with Crippen molar-refractivity contribution < 1.29 is 9.53 Å². The molecule has 4 aromatic heterocycles. The molecule has 6 nitrogen and oxygen atoms in total. The number of hydrogen-bond acceptors (Lipinski definition) is 4. The van der Waals surface area contributed by atoms with Crippen LogP contribution in [-0.4, -0.2) is 32.2 Å². The van der Waals surface area contributed by atoms with Crippen LogP contribution < -0.4 is 4.74 Å². The zero-order chi connectivity index (χ0) is 19.8. The number of nitrogens with zero attached hydrogens (tertiary/aromatic N) is 3. The van der Waals surface area contributed by atoms with Crippen molar-refractivity contribution in [1.29, 1.82) is 0 Å². The van der Waals surface area contributed by atoms with Crippen LogP contribution in [0.2, 0.25) is 0 Å². The smallest absolute Gasteiger partial charge is 0.230 e. The molecule has 0 saturated heterocycles. The van der Waals surface area contributed by atoms with E-state index in [0.717, 1.165) is 33.6 Å². The van der Waals surface area contributed by atoms with Crippen LogP contribution in [-0.2, 0) is 6.42 Å². The number of benzene rings is 1. The van der Waals surface area contributed by atoms with Crippen LogP contribution in [0.1, 0.15) is 27.4 Å². The molecule has 5 rings (SSSR count). The van der Waals surface area contributed by atoms with Gasteiger partial charge in [0.25, 0.3) is 0 Å². The minimum absolute atomic E-state index is 0.133. The van der Waals surface area contributed by atoms with Crippen LogP contribution in [0.4, 0.5) is 0 Å². The molecule has 0 amide bonds. The Morgan fingerprint density at radius 3 is 2.79 bits per heavy atom. The average molecular weight is 382 g/mol. The zero-order valence-corrected chi connectivity index (χ0v) is 15.8. The molecule has 0 atom stereocenters. The third-order valence-corrected chi connectivity index (χ3v) is 5.04. The minimum Gasteiger partial charge on any atom is -0.497 e. The van der Waals surface area contributed by atoms with Crippen LogP contribution in [0.5, 0.6) is 5.75 Å². The zero-order valence-electron chi connectivity index (χ0n) is 15.8. The van der Waals surface area contributed by atoms with Crippen LogP contribution in [0.25, 0.3) is 16.6 Å². The molecule has 5 aromatic rings. The Morgan fingerprint density at radius 1 is 1.14 bits per heavy atom. The second kappa shape index (κ2) is 6.91. The molecule has 0 aliphatic heterocycles. The van der Waals surface area contributed by atoms with Gasteiger partial charge in [-0.3, -0.25) is 9.78 Å². The van der Waals surface area contributed by atoms with E-state index >= 15 is 0 Å². The fourth-order valence-corrected chi connectivity index (χ4v) is 3.59. The van der Waals surface area contributed by atoms with E-state index in [-0.39, 0.29) is 5.78 Å². The van der Waals surface area contributed by atoms with E-state index in [2.05, 4.69) is 19.4 Å². The Hall–Kier alpha value is -3.93. The summed E-state index contributed by atoms with van der Waals surface area (Å²) in [5.41, 5.74) is 5.14. The average Bonchev–Trinajstić information content (AvgIpc) is 3.36. The van der Waals surface area contributed by atoms with Gasteiger partial charge in [-0.1, -0.05) is 18.2 Å². The number of carbonyl (C=O) groups excluding carboxylic acids is 1. The van der Waals surface area contributed by atoms with Crippen LogP contribution in [0, 0.1) is 0 Å². The number of fused-ring (bicyclic) bond motifs is 2. The molecule has 0 saturated carbocycles. The molecule has 142 valence electrons. The molecule has 0 fully saturated rings. The maximum atomic E-state index is 13.2. The summed E-state index contributed by atoms with van der Waals surface area (Å²) >= 11 is 0. The van der Waals surface area contributed by atoms with Gasteiger partial charge in [0.2, 0.25) is 5.78 Å². The predicted molar refractivity (Wildman–Crippen MR) is 111 cm³/mol. The largest absolute Gasteiger partial charge is 0.497 e. The molecule has 0 aliphatic carbocycles. The lowest BCUT2D eigenvalue weighted by molar-refractivity contribution is 0.103.